The topological polar surface area (TPSA) is 22.0 Å². The van der Waals surface area contributed by atoms with Crippen molar-refractivity contribution in [3.8, 4) is 0 Å². The van der Waals surface area contributed by atoms with Crippen LogP contribution in [-0.4, -0.2) is 10.9 Å². The molecule has 19 heavy (non-hydrogen) atoms. The maximum atomic E-state index is 11.1. The fourth-order valence-corrected chi connectivity index (χ4v) is 3.12. The van der Waals surface area contributed by atoms with E-state index in [2.05, 4.69) is 22.1 Å². The lowest BCUT2D eigenvalue weighted by atomic mass is 10.2. The highest BCUT2D eigenvalue weighted by Gasteiger charge is 2.08. The molecular formula is C15H12ClNOS. The predicted octanol–water partition coefficient (Wildman–Crippen LogP) is 4.41. The lowest BCUT2D eigenvalue weighted by molar-refractivity contribution is 0.112. The molecule has 3 aromatic rings. The van der Waals surface area contributed by atoms with Crippen molar-refractivity contribution < 1.29 is 4.79 Å². The summed E-state index contributed by atoms with van der Waals surface area (Å²) in [5.41, 5.74) is 1.74. The largest absolute Gasteiger partial charge is 0.346 e. The van der Waals surface area contributed by atoms with Gasteiger partial charge in [0.15, 0.2) is 6.29 Å². The molecule has 2 heterocycles. The third-order valence-corrected chi connectivity index (χ3v) is 4.35. The Morgan fingerprint density at radius 2 is 2.21 bits per heavy atom. The molecule has 0 spiro atoms. The van der Waals surface area contributed by atoms with E-state index in [9.17, 15) is 4.79 Å². The van der Waals surface area contributed by atoms with Crippen LogP contribution >= 0.6 is 22.9 Å². The van der Waals surface area contributed by atoms with E-state index < -0.39 is 0 Å². The highest BCUT2D eigenvalue weighted by atomic mass is 35.5. The Morgan fingerprint density at radius 1 is 1.32 bits per heavy atom. The van der Waals surface area contributed by atoms with Crippen molar-refractivity contribution in [2.24, 2.45) is 0 Å². The Labute approximate surface area is 120 Å². The van der Waals surface area contributed by atoms with Crippen molar-refractivity contribution in [1.29, 1.82) is 0 Å². The Balaban J connectivity index is 1.98. The summed E-state index contributed by atoms with van der Waals surface area (Å²) in [7, 11) is 0. The molecule has 0 bridgehead atoms. The Hall–Kier alpha value is -1.58. The lowest BCUT2D eigenvalue weighted by Crippen LogP contribution is -1.98. The monoisotopic (exact) mass is 289 g/mol. The van der Waals surface area contributed by atoms with Crippen molar-refractivity contribution in [1.82, 2.24) is 4.57 Å². The number of nitrogens with zero attached hydrogens (tertiary/aromatic N) is 1. The second kappa shape index (κ2) is 5.19. The van der Waals surface area contributed by atoms with Gasteiger partial charge in [-0.15, -0.1) is 11.3 Å². The zero-order chi connectivity index (χ0) is 13.2. The van der Waals surface area contributed by atoms with Crippen molar-refractivity contribution in [2.45, 2.75) is 13.0 Å². The molecule has 0 fully saturated rings. The number of carbonyl (C=O) groups excluding carboxylic acids is 1. The van der Waals surface area contributed by atoms with Crippen LogP contribution in [0.2, 0.25) is 5.02 Å². The quantitative estimate of drug-likeness (QED) is 0.652. The molecule has 0 aliphatic rings. The lowest BCUT2D eigenvalue weighted by Gasteiger charge is -2.04. The highest BCUT2D eigenvalue weighted by molar-refractivity contribution is 7.09. The van der Waals surface area contributed by atoms with Crippen LogP contribution in [0.15, 0.2) is 41.9 Å². The molecule has 1 aromatic carbocycles. The molecule has 0 N–H and O–H groups in total. The zero-order valence-electron chi connectivity index (χ0n) is 10.2. The number of halogens is 1. The first-order chi connectivity index (χ1) is 9.28. The molecule has 0 saturated carbocycles. The van der Waals surface area contributed by atoms with E-state index in [0.29, 0.717) is 5.02 Å². The average molecular weight is 290 g/mol. The number of hydrogen-bond donors (Lipinski definition) is 0. The Bertz CT molecular complexity index is 715. The number of aromatic nitrogens is 1. The van der Waals surface area contributed by atoms with E-state index in [1.54, 1.807) is 11.3 Å². The third-order valence-electron chi connectivity index (χ3n) is 3.18. The molecule has 0 amide bonds. The fraction of sp³-hybridized carbons (Fsp3) is 0.133. The number of aryl methyl sites for hydroxylation is 2. The van der Waals surface area contributed by atoms with Crippen LogP contribution in [0.3, 0.4) is 0 Å². The first kappa shape index (κ1) is 12.5. The summed E-state index contributed by atoms with van der Waals surface area (Å²) in [5.74, 6) is 0. The van der Waals surface area contributed by atoms with Gasteiger partial charge in [-0.2, -0.15) is 0 Å². The van der Waals surface area contributed by atoms with Crippen LogP contribution in [0.1, 0.15) is 15.2 Å². The summed E-state index contributed by atoms with van der Waals surface area (Å²) in [4.78, 5) is 12.5. The molecule has 0 radical (unpaired) electrons. The minimum Gasteiger partial charge on any atom is -0.346 e. The predicted molar refractivity (Wildman–Crippen MR) is 80.4 cm³/mol. The summed E-state index contributed by atoms with van der Waals surface area (Å²) >= 11 is 7.80. The minimum atomic E-state index is 0.695. The first-order valence-electron chi connectivity index (χ1n) is 6.04. The molecule has 2 nitrogen and oxygen atoms in total. The highest BCUT2D eigenvalue weighted by Crippen LogP contribution is 2.24. The van der Waals surface area contributed by atoms with E-state index in [1.165, 1.54) is 4.88 Å². The fourth-order valence-electron chi connectivity index (χ4n) is 2.26. The van der Waals surface area contributed by atoms with Crippen molar-refractivity contribution in [3.63, 3.8) is 0 Å². The summed E-state index contributed by atoms with van der Waals surface area (Å²) in [6, 6.07) is 9.83. The smallest absolute Gasteiger partial charge is 0.152 e. The standard InChI is InChI=1S/C15H12ClNOS/c16-12-3-4-14-11(10-18)9-17(15(14)8-12)6-5-13-2-1-7-19-13/h1-4,7-10H,5-6H2. The summed E-state index contributed by atoms with van der Waals surface area (Å²) in [6.07, 6.45) is 3.77. The number of carbonyl (C=O) groups is 1. The molecule has 0 aliphatic heterocycles. The molecule has 0 saturated heterocycles. The van der Waals surface area contributed by atoms with Gasteiger partial charge in [0.05, 0.1) is 5.52 Å². The van der Waals surface area contributed by atoms with E-state index in [4.69, 9.17) is 11.6 Å². The summed E-state index contributed by atoms with van der Waals surface area (Å²) in [6.45, 7) is 0.852. The first-order valence-corrected chi connectivity index (χ1v) is 7.29. The van der Waals surface area contributed by atoms with E-state index in [-0.39, 0.29) is 0 Å². The molecule has 0 unspecified atom stereocenters. The third kappa shape index (κ3) is 2.44. The molecule has 96 valence electrons. The second-order valence-corrected chi connectivity index (χ2v) is 5.86. The normalized spacial score (nSPS) is 11.0. The molecule has 0 atom stereocenters. The van der Waals surface area contributed by atoms with Crippen LogP contribution in [0.25, 0.3) is 10.9 Å². The molecule has 4 heteroatoms. The van der Waals surface area contributed by atoms with Crippen LogP contribution in [0.5, 0.6) is 0 Å². The number of thiophene rings is 1. The molecule has 0 aliphatic carbocycles. The Morgan fingerprint density at radius 3 is 2.95 bits per heavy atom. The van der Waals surface area contributed by atoms with Gasteiger partial charge in [-0.3, -0.25) is 4.79 Å². The van der Waals surface area contributed by atoms with Gasteiger partial charge < -0.3 is 4.57 Å². The van der Waals surface area contributed by atoms with Gasteiger partial charge >= 0.3 is 0 Å². The SMILES string of the molecule is O=Cc1cn(CCc2cccs2)c2cc(Cl)ccc12. The summed E-state index contributed by atoms with van der Waals surface area (Å²) in [5, 5.41) is 3.74. The van der Waals surface area contributed by atoms with Crippen LogP contribution in [0, 0.1) is 0 Å². The van der Waals surface area contributed by atoms with Gasteiger partial charge in [0.25, 0.3) is 0 Å². The number of aldehydes is 1. The molecule has 2 aromatic heterocycles. The number of fused-ring (bicyclic) bond motifs is 1. The van der Waals surface area contributed by atoms with Gasteiger partial charge in [0, 0.05) is 33.6 Å². The van der Waals surface area contributed by atoms with Gasteiger partial charge in [-0.05, 0) is 30.0 Å². The van der Waals surface area contributed by atoms with Crippen LogP contribution in [0.4, 0.5) is 0 Å². The van der Waals surface area contributed by atoms with Crippen molar-refractivity contribution in [2.75, 3.05) is 0 Å². The average Bonchev–Trinajstić information content (AvgIpc) is 3.03. The number of hydrogen-bond acceptors (Lipinski definition) is 2. The summed E-state index contributed by atoms with van der Waals surface area (Å²) < 4.78 is 2.10. The van der Waals surface area contributed by atoms with Gasteiger partial charge in [-0.1, -0.05) is 23.7 Å². The number of benzene rings is 1. The van der Waals surface area contributed by atoms with Crippen molar-refractivity contribution >= 4 is 40.1 Å². The van der Waals surface area contributed by atoms with Crippen LogP contribution < -0.4 is 0 Å². The maximum absolute atomic E-state index is 11.1. The van der Waals surface area contributed by atoms with E-state index >= 15 is 0 Å². The van der Waals surface area contributed by atoms with Gasteiger partial charge in [-0.25, -0.2) is 0 Å². The van der Waals surface area contributed by atoms with Crippen LogP contribution in [-0.2, 0) is 13.0 Å². The van der Waals surface area contributed by atoms with Gasteiger partial charge in [0.1, 0.15) is 0 Å². The number of rotatable bonds is 4. The molecular weight excluding hydrogens is 278 g/mol. The van der Waals surface area contributed by atoms with E-state index in [1.807, 2.05) is 24.4 Å². The second-order valence-electron chi connectivity index (χ2n) is 4.39. The maximum Gasteiger partial charge on any atom is 0.152 e. The van der Waals surface area contributed by atoms with Gasteiger partial charge in [0.2, 0.25) is 0 Å². The minimum absolute atomic E-state index is 0.695. The van der Waals surface area contributed by atoms with E-state index in [0.717, 1.165) is 35.7 Å². The zero-order valence-corrected chi connectivity index (χ0v) is 11.7. The Kier molecular flexibility index (Phi) is 3.40. The van der Waals surface area contributed by atoms with Crippen molar-refractivity contribution in [3.05, 3.63) is 57.4 Å². The molecule has 3 rings (SSSR count).